The largest absolute Gasteiger partial charge is 0.336 e. The first-order valence-electron chi connectivity index (χ1n) is 9.52. The van der Waals surface area contributed by atoms with E-state index in [0.29, 0.717) is 29.9 Å². The molecule has 6 nitrogen and oxygen atoms in total. The fourth-order valence-electron chi connectivity index (χ4n) is 3.36. The number of carbonyl (C=O) groups is 1. The molecule has 0 aromatic heterocycles. The molecule has 0 atom stereocenters. The molecule has 1 saturated heterocycles. The third-order valence-corrected chi connectivity index (χ3v) is 6.73. The summed E-state index contributed by atoms with van der Waals surface area (Å²) < 4.78 is 28.6. The van der Waals surface area contributed by atoms with Gasteiger partial charge < -0.3 is 9.80 Å². The zero-order valence-electron chi connectivity index (χ0n) is 16.6. The van der Waals surface area contributed by atoms with Gasteiger partial charge in [0, 0.05) is 31.7 Å². The number of amides is 1. The Bertz CT molecular complexity index is 965. The molecule has 1 heterocycles. The second kappa shape index (κ2) is 8.32. The quantitative estimate of drug-likeness (QED) is 0.836. The minimum Gasteiger partial charge on any atom is -0.336 e. The van der Waals surface area contributed by atoms with E-state index in [1.54, 1.807) is 36.1 Å². The van der Waals surface area contributed by atoms with Crippen LogP contribution in [0.25, 0.3) is 0 Å². The van der Waals surface area contributed by atoms with Crippen molar-refractivity contribution in [3.63, 3.8) is 0 Å². The van der Waals surface area contributed by atoms with E-state index in [0.717, 1.165) is 25.2 Å². The van der Waals surface area contributed by atoms with E-state index in [4.69, 9.17) is 0 Å². The number of nitrogens with zero attached hydrogens (tertiary/aromatic N) is 2. The number of hydrogen-bond donors (Lipinski definition) is 1. The summed E-state index contributed by atoms with van der Waals surface area (Å²) in [6, 6.07) is 12.1. The molecule has 2 aromatic rings. The van der Waals surface area contributed by atoms with Gasteiger partial charge in [-0.05, 0) is 49.7 Å². The fourth-order valence-corrected chi connectivity index (χ4v) is 4.76. The van der Waals surface area contributed by atoms with Crippen molar-refractivity contribution in [3.8, 4) is 0 Å². The summed E-state index contributed by atoms with van der Waals surface area (Å²) in [5.74, 6) is -0.122. The lowest BCUT2D eigenvalue weighted by molar-refractivity contribution is 0.0643. The minimum absolute atomic E-state index is 0.122. The molecule has 1 aliphatic rings. The summed E-state index contributed by atoms with van der Waals surface area (Å²) in [5.41, 5.74) is 2.38. The molecule has 1 aliphatic heterocycles. The lowest BCUT2D eigenvalue weighted by Crippen LogP contribution is -2.48. The lowest BCUT2D eigenvalue weighted by atomic mass is 10.1. The molecule has 28 heavy (non-hydrogen) atoms. The van der Waals surface area contributed by atoms with E-state index in [2.05, 4.69) is 16.5 Å². The molecule has 1 fully saturated rings. The molecule has 3 rings (SSSR count). The topological polar surface area (TPSA) is 69.7 Å². The third kappa shape index (κ3) is 4.36. The summed E-state index contributed by atoms with van der Waals surface area (Å²) in [7, 11) is -3.79. The maximum absolute atomic E-state index is 13.0. The lowest BCUT2D eigenvalue weighted by Gasteiger charge is -2.34. The number of nitrogens with one attached hydrogen (secondary N) is 1. The van der Waals surface area contributed by atoms with Gasteiger partial charge >= 0.3 is 0 Å². The van der Waals surface area contributed by atoms with Crippen molar-refractivity contribution >= 4 is 21.6 Å². The van der Waals surface area contributed by atoms with Crippen LogP contribution >= 0.6 is 0 Å². The number of piperazine rings is 1. The molecule has 7 heteroatoms. The van der Waals surface area contributed by atoms with E-state index in [1.807, 2.05) is 19.1 Å². The predicted molar refractivity (Wildman–Crippen MR) is 111 cm³/mol. The molecule has 1 N–H and O–H groups in total. The van der Waals surface area contributed by atoms with Crippen molar-refractivity contribution in [1.82, 2.24) is 9.80 Å². The highest BCUT2D eigenvalue weighted by molar-refractivity contribution is 7.92. The maximum Gasteiger partial charge on any atom is 0.262 e. The van der Waals surface area contributed by atoms with Gasteiger partial charge in [0.05, 0.1) is 10.6 Å². The zero-order chi connectivity index (χ0) is 20.3. The number of aryl methyl sites for hydroxylation is 2. The fraction of sp³-hybridized carbons (Fsp3) is 0.381. The molecular weight excluding hydrogens is 374 g/mol. The van der Waals surface area contributed by atoms with Gasteiger partial charge in [0.2, 0.25) is 0 Å². The second-order valence-corrected chi connectivity index (χ2v) is 8.78. The van der Waals surface area contributed by atoms with Crippen LogP contribution < -0.4 is 4.72 Å². The van der Waals surface area contributed by atoms with Gasteiger partial charge in [-0.2, -0.15) is 0 Å². The first-order chi connectivity index (χ1) is 13.3. The van der Waals surface area contributed by atoms with Crippen LogP contribution in [0.1, 0.15) is 28.4 Å². The van der Waals surface area contributed by atoms with Gasteiger partial charge in [0.15, 0.2) is 0 Å². The Kier molecular flexibility index (Phi) is 6.05. The van der Waals surface area contributed by atoms with Crippen LogP contribution in [0.5, 0.6) is 0 Å². The summed E-state index contributed by atoms with van der Waals surface area (Å²) in [4.78, 5) is 17.1. The minimum atomic E-state index is -3.79. The Balaban J connectivity index is 1.85. The molecule has 1 amide bonds. The smallest absolute Gasteiger partial charge is 0.262 e. The second-order valence-electron chi connectivity index (χ2n) is 7.13. The first kappa shape index (κ1) is 20.4. The summed E-state index contributed by atoms with van der Waals surface area (Å²) >= 11 is 0. The first-order valence-corrected chi connectivity index (χ1v) is 11.0. The van der Waals surface area contributed by atoms with Crippen LogP contribution in [0.4, 0.5) is 5.69 Å². The molecular formula is C21H27N3O3S. The number of likely N-dealkylation sites (N-methyl/N-ethyl adjacent to an activating group) is 1. The van der Waals surface area contributed by atoms with E-state index >= 15 is 0 Å². The number of anilines is 1. The molecule has 0 radical (unpaired) electrons. The third-order valence-electron chi connectivity index (χ3n) is 5.22. The molecule has 150 valence electrons. The zero-order valence-corrected chi connectivity index (χ0v) is 17.4. The Morgan fingerprint density at radius 3 is 2.32 bits per heavy atom. The van der Waals surface area contributed by atoms with Crippen molar-refractivity contribution < 1.29 is 13.2 Å². The standard InChI is InChI=1S/C21H27N3O3S/c1-4-23-11-13-24(14-12-23)21(25)18-10-9-17(3)20(15-18)28(26,27)22-19-8-6-5-7-16(19)2/h5-10,15,22H,4,11-14H2,1-3H3. The number of sulfonamides is 1. The number of rotatable bonds is 5. The van der Waals surface area contributed by atoms with Gasteiger partial charge in [0.1, 0.15) is 0 Å². The SMILES string of the molecule is CCN1CCN(C(=O)c2ccc(C)c(S(=O)(=O)Nc3ccccc3C)c2)CC1. The van der Waals surface area contributed by atoms with E-state index in [-0.39, 0.29) is 10.8 Å². The van der Waals surface area contributed by atoms with E-state index in [1.165, 1.54) is 6.07 Å². The summed E-state index contributed by atoms with van der Waals surface area (Å²) in [5, 5.41) is 0. The van der Waals surface area contributed by atoms with Gasteiger partial charge in [-0.1, -0.05) is 31.2 Å². The Labute approximate surface area is 167 Å². The molecule has 0 spiro atoms. The average molecular weight is 402 g/mol. The number of hydrogen-bond acceptors (Lipinski definition) is 4. The Morgan fingerprint density at radius 1 is 1.00 bits per heavy atom. The summed E-state index contributed by atoms with van der Waals surface area (Å²) in [6.45, 7) is 9.66. The Morgan fingerprint density at radius 2 is 1.68 bits per heavy atom. The van der Waals surface area contributed by atoms with E-state index in [9.17, 15) is 13.2 Å². The van der Waals surface area contributed by atoms with Crippen LogP contribution in [0, 0.1) is 13.8 Å². The maximum atomic E-state index is 13.0. The van der Waals surface area contributed by atoms with Gasteiger partial charge in [0.25, 0.3) is 15.9 Å². The van der Waals surface area contributed by atoms with Crippen LogP contribution in [0.3, 0.4) is 0 Å². The summed E-state index contributed by atoms with van der Waals surface area (Å²) in [6.07, 6.45) is 0. The number of benzene rings is 2. The van der Waals surface area contributed by atoms with Crippen molar-refractivity contribution in [2.24, 2.45) is 0 Å². The van der Waals surface area contributed by atoms with Crippen LogP contribution in [0.2, 0.25) is 0 Å². The molecule has 0 unspecified atom stereocenters. The van der Waals surface area contributed by atoms with Crippen molar-refractivity contribution in [2.75, 3.05) is 37.4 Å². The van der Waals surface area contributed by atoms with Crippen molar-refractivity contribution in [2.45, 2.75) is 25.7 Å². The highest BCUT2D eigenvalue weighted by atomic mass is 32.2. The van der Waals surface area contributed by atoms with Crippen LogP contribution in [-0.2, 0) is 10.0 Å². The van der Waals surface area contributed by atoms with Gasteiger partial charge in [-0.15, -0.1) is 0 Å². The molecule has 2 aromatic carbocycles. The van der Waals surface area contributed by atoms with Crippen molar-refractivity contribution in [1.29, 1.82) is 0 Å². The molecule has 0 saturated carbocycles. The van der Waals surface area contributed by atoms with Gasteiger partial charge in [-0.25, -0.2) is 8.42 Å². The van der Waals surface area contributed by atoms with Crippen molar-refractivity contribution in [3.05, 3.63) is 59.2 Å². The van der Waals surface area contributed by atoms with E-state index < -0.39 is 10.0 Å². The normalized spacial score (nSPS) is 15.5. The molecule has 0 bridgehead atoms. The number of para-hydroxylation sites is 1. The average Bonchev–Trinajstić information content (AvgIpc) is 2.69. The number of carbonyl (C=O) groups excluding carboxylic acids is 1. The van der Waals surface area contributed by atoms with Crippen LogP contribution in [0.15, 0.2) is 47.4 Å². The molecule has 0 aliphatic carbocycles. The predicted octanol–water partition coefficient (Wildman–Crippen LogP) is 2.88. The highest BCUT2D eigenvalue weighted by Crippen LogP contribution is 2.23. The monoisotopic (exact) mass is 401 g/mol. The highest BCUT2D eigenvalue weighted by Gasteiger charge is 2.24. The Hall–Kier alpha value is -2.38. The van der Waals surface area contributed by atoms with Crippen LogP contribution in [-0.4, -0.2) is 56.8 Å². The van der Waals surface area contributed by atoms with Gasteiger partial charge in [-0.3, -0.25) is 9.52 Å².